The van der Waals surface area contributed by atoms with E-state index in [4.69, 9.17) is 17.3 Å². The van der Waals surface area contributed by atoms with Gasteiger partial charge in [0.05, 0.1) is 12.6 Å². The lowest BCUT2D eigenvalue weighted by Crippen LogP contribution is -2.49. The summed E-state index contributed by atoms with van der Waals surface area (Å²) < 4.78 is 13.3. The predicted octanol–water partition coefficient (Wildman–Crippen LogP) is 2.11. The largest absolute Gasteiger partial charge is 0.338 e. The summed E-state index contributed by atoms with van der Waals surface area (Å²) in [7, 11) is 0. The molecular formula is C16H23ClFN3O. The van der Waals surface area contributed by atoms with Crippen LogP contribution in [0.1, 0.15) is 24.8 Å². The van der Waals surface area contributed by atoms with Crippen LogP contribution in [-0.4, -0.2) is 42.7 Å². The van der Waals surface area contributed by atoms with Crippen LogP contribution >= 0.6 is 11.6 Å². The number of rotatable bonds is 6. The van der Waals surface area contributed by atoms with Gasteiger partial charge in [-0.2, -0.15) is 0 Å². The molecule has 0 spiro atoms. The molecule has 1 unspecified atom stereocenters. The van der Waals surface area contributed by atoms with Crippen molar-refractivity contribution in [2.24, 2.45) is 5.73 Å². The minimum absolute atomic E-state index is 0.143. The molecule has 3 N–H and O–H groups in total. The number of hydrogen-bond acceptors (Lipinski definition) is 3. The first-order valence-corrected chi connectivity index (χ1v) is 8.07. The lowest BCUT2D eigenvalue weighted by molar-refractivity contribution is -0.134. The predicted molar refractivity (Wildman–Crippen MR) is 86.5 cm³/mol. The van der Waals surface area contributed by atoms with Crippen molar-refractivity contribution in [2.45, 2.75) is 38.0 Å². The SMILES string of the molecule is N[C@@H](CCNCc1ccc(Cl)cc1)C(=O)N1CCCC(F)C1. The molecule has 1 aromatic rings. The van der Waals surface area contributed by atoms with Crippen molar-refractivity contribution >= 4 is 17.5 Å². The number of benzene rings is 1. The molecule has 4 nitrogen and oxygen atoms in total. The van der Waals surface area contributed by atoms with Gasteiger partial charge >= 0.3 is 0 Å². The molecule has 1 heterocycles. The molecule has 0 aliphatic carbocycles. The van der Waals surface area contributed by atoms with E-state index in [2.05, 4.69) is 5.32 Å². The molecule has 22 heavy (non-hydrogen) atoms. The van der Waals surface area contributed by atoms with Gasteiger partial charge in [-0.15, -0.1) is 0 Å². The third-order valence-electron chi connectivity index (χ3n) is 3.87. The van der Waals surface area contributed by atoms with Gasteiger partial charge in [-0.3, -0.25) is 4.79 Å². The molecule has 122 valence electrons. The van der Waals surface area contributed by atoms with Crippen LogP contribution in [0.5, 0.6) is 0 Å². The summed E-state index contributed by atoms with van der Waals surface area (Å²) in [4.78, 5) is 13.7. The third kappa shape index (κ3) is 5.23. The summed E-state index contributed by atoms with van der Waals surface area (Å²) in [6.45, 7) is 2.15. The number of nitrogens with zero attached hydrogens (tertiary/aromatic N) is 1. The van der Waals surface area contributed by atoms with Crippen molar-refractivity contribution in [2.75, 3.05) is 19.6 Å². The number of halogens is 2. The monoisotopic (exact) mass is 327 g/mol. The van der Waals surface area contributed by atoms with Crippen molar-refractivity contribution in [3.8, 4) is 0 Å². The number of likely N-dealkylation sites (tertiary alicyclic amines) is 1. The zero-order valence-electron chi connectivity index (χ0n) is 12.6. The first-order valence-electron chi connectivity index (χ1n) is 7.70. The fourth-order valence-corrected chi connectivity index (χ4v) is 2.70. The number of amides is 1. The Kier molecular flexibility index (Phi) is 6.61. The highest BCUT2D eigenvalue weighted by atomic mass is 35.5. The quantitative estimate of drug-likeness (QED) is 0.787. The fraction of sp³-hybridized carbons (Fsp3) is 0.562. The molecule has 0 bridgehead atoms. The molecule has 2 atom stereocenters. The van der Waals surface area contributed by atoms with E-state index in [1.807, 2.05) is 24.3 Å². The molecule has 1 aliphatic rings. The Labute approximate surface area is 135 Å². The topological polar surface area (TPSA) is 58.4 Å². The van der Waals surface area contributed by atoms with E-state index in [0.29, 0.717) is 43.9 Å². The van der Waals surface area contributed by atoms with Crippen LogP contribution < -0.4 is 11.1 Å². The van der Waals surface area contributed by atoms with E-state index in [9.17, 15) is 9.18 Å². The highest BCUT2D eigenvalue weighted by Crippen LogP contribution is 2.14. The second-order valence-electron chi connectivity index (χ2n) is 5.72. The van der Waals surface area contributed by atoms with Crippen LogP contribution in [0.15, 0.2) is 24.3 Å². The smallest absolute Gasteiger partial charge is 0.239 e. The van der Waals surface area contributed by atoms with Crippen LogP contribution in [0.4, 0.5) is 4.39 Å². The van der Waals surface area contributed by atoms with Crippen molar-refractivity contribution in [1.82, 2.24) is 10.2 Å². The van der Waals surface area contributed by atoms with Gasteiger partial charge in [0, 0.05) is 18.1 Å². The molecule has 6 heteroatoms. The molecule has 1 fully saturated rings. The molecule has 2 rings (SSSR count). The van der Waals surface area contributed by atoms with Crippen LogP contribution in [0.3, 0.4) is 0 Å². The molecular weight excluding hydrogens is 305 g/mol. The zero-order chi connectivity index (χ0) is 15.9. The lowest BCUT2D eigenvalue weighted by atomic mass is 10.1. The number of alkyl halides is 1. The number of piperidine rings is 1. The van der Waals surface area contributed by atoms with E-state index < -0.39 is 12.2 Å². The van der Waals surface area contributed by atoms with Crippen LogP contribution in [0, 0.1) is 0 Å². The molecule has 0 aromatic heterocycles. The van der Waals surface area contributed by atoms with Gasteiger partial charge in [-0.1, -0.05) is 23.7 Å². The fourth-order valence-electron chi connectivity index (χ4n) is 2.58. The average Bonchev–Trinajstić information content (AvgIpc) is 2.52. The number of carbonyl (C=O) groups is 1. The van der Waals surface area contributed by atoms with Gasteiger partial charge in [-0.05, 0) is 43.5 Å². The number of hydrogen-bond donors (Lipinski definition) is 2. The average molecular weight is 328 g/mol. The van der Waals surface area contributed by atoms with Gasteiger partial charge in [0.2, 0.25) is 5.91 Å². The van der Waals surface area contributed by atoms with Gasteiger partial charge in [0.25, 0.3) is 0 Å². The Bertz CT molecular complexity index is 483. The summed E-state index contributed by atoms with van der Waals surface area (Å²) in [5.41, 5.74) is 7.05. The Hall–Kier alpha value is -1.17. The Morgan fingerprint density at radius 2 is 2.18 bits per heavy atom. The van der Waals surface area contributed by atoms with E-state index in [1.54, 1.807) is 4.90 Å². The Balaban J connectivity index is 1.67. The maximum absolute atomic E-state index is 13.3. The van der Waals surface area contributed by atoms with Gasteiger partial charge in [0.1, 0.15) is 6.17 Å². The maximum atomic E-state index is 13.3. The van der Waals surface area contributed by atoms with E-state index >= 15 is 0 Å². The minimum Gasteiger partial charge on any atom is -0.338 e. The molecule has 1 aromatic carbocycles. The summed E-state index contributed by atoms with van der Waals surface area (Å²) >= 11 is 5.83. The first-order chi connectivity index (χ1) is 10.6. The van der Waals surface area contributed by atoms with Crippen LogP contribution in [0.2, 0.25) is 5.02 Å². The van der Waals surface area contributed by atoms with Crippen molar-refractivity contribution in [1.29, 1.82) is 0 Å². The third-order valence-corrected chi connectivity index (χ3v) is 4.12. The Morgan fingerprint density at radius 1 is 1.45 bits per heavy atom. The van der Waals surface area contributed by atoms with E-state index in [0.717, 1.165) is 5.56 Å². The van der Waals surface area contributed by atoms with Crippen LogP contribution in [0.25, 0.3) is 0 Å². The van der Waals surface area contributed by atoms with E-state index in [1.165, 1.54) is 0 Å². The van der Waals surface area contributed by atoms with Gasteiger partial charge in [-0.25, -0.2) is 4.39 Å². The molecule has 0 radical (unpaired) electrons. The highest BCUT2D eigenvalue weighted by Gasteiger charge is 2.26. The van der Waals surface area contributed by atoms with Gasteiger partial charge in [0.15, 0.2) is 0 Å². The van der Waals surface area contributed by atoms with E-state index in [-0.39, 0.29) is 12.5 Å². The van der Waals surface area contributed by atoms with Crippen molar-refractivity contribution < 1.29 is 9.18 Å². The van der Waals surface area contributed by atoms with Gasteiger partial charge < -0.3 is 16.0 Å². The summed E-state index contributed by atoms with van der Waals surface area (Å²) in [6.07, 6.45) is 0.892. The second-order valence-corrected chi connectivity index (χ2v) is 6.16. The first kappa shape index (κ1) is 17.2. The maximum Gasteiger partial charge on any atom is 0.239 e. The normalized spacial score (nSPS) is 20.0. The number of nitrogens with one attached hydrogen (secondary N) is 1. The molecule has 0 saturated carbocycles. The van der Waals surface area contributed by atoms with Crippen molar-refractivity contribution in [3.05, 3.63) is 34.9 Å². The highest BCUT2D eigenvalue weighted by molar-refractivity contribution is 6.30. The van der Waals surface area contributed by atoms with Crippen LogP contribution in [-0.2, 0) is 11.3 Å². The summed E-state index contributed by atoms with van der Waals surface area (Å²) in [6, 6.07) is 7.03. The molecule has 1 aliphatic heterocycles. The second kappa shape index (κ2) is 8.46. The summed E-state index contributed by atoms with van der Waals surface area (Å²) in [5.74, 6) is -0.143. The summed E-state index contributed by atoms with van der Waals surface area (Å²) in [5, 5.41) is 3.96. The standard InChI is InChI=1S/C16H23ClFN3O/c17-13-5-3-12(4-6-13)10-20-8-7-15(19)16(22)21-9-1-2-14(18)11-21/h3-6,14-15,20H,1-2,7-11,19H2/t14?,15-/m0/s1. The van der Waals surface area contributed by atoms with Crippen molar-refractivity contribution in [3.63, 3.8) is 0 Å². The molecule has 1 amide bonds. The zero-order valence-corrected chi connectivity index (χ0v) is 13.4. The number of carbonyl (C=O) groups excluding carboxylic acids is 1. The Morgan fingerprint density at radius 3 is 2.86 bits per heavy atom. The minimum atomic E-state index is -0.909. The lowest BCUT2D eigenvalue weighted by Gasteiger charge is -2.31. The number of nitrogens with two attached hydrogens (primary N) is 1. The molecule has 1 saturated heterocycles.